The fraction of sp³-hybridized carbons (Fsp3) is 0.750. The van der Waals surface area contributed by atoms with Crippen LogP contribution in [0.2, 0.25) is 0 Å². The van der Waals surface area contributed by atoms with Gasteiger partial charge in [-0.15, -0.1) is 0 Å². The zero-order chi connectivity index (χ0) is 13.0. The average Bonchev–Trinajstić information content (AvgIpc) is 2.73. The van der Waals surface area contributed by atoms with Crippen LogP contribution in [0.25, 0.3) is 0 Å². The van der Waals surface area contributed by atoms with Crippen LogP contribution in [0.15, 0.2) is 4.63 Å². The Morgan fingerprint density at radius 1 is 1.50 bits per heavy atom. The smallest absolute Gasteiger partial charge is 0.251 e. The summed E-state index contributed by atoms with van der Waals surface area (Å²) in [4.78, 5) is 11.6. The molecule has 18 heavy (non-hydrogen) atoms. The molecule has 1 aromatic heterocycles. The van der Waals surface area contributed by atoms with Gasteiger partial charge in [-0.2, -0.15) is 0 Å². The topological polar surface area (TPSA) is 77.3 Å². The molecule has 100 valence electrons. The first-order valence-electron chi connectivity index (χ1n) is 6.35. The summed E-state index contributed by atoms with van der Waals surface area (Å²) >= 11 is 0. The average molecular weight is 253 g/mol. The molecule has 1 N–H and O–H groups in total. The summed E-state index contributed by atoms with van der Waals surface area (Å²) in [6.07, 6.45) is 4.73. The van der Waals surface area contributed by atoms with E-state index in [2.05, 4.69) is 27.2 Å². The lowest BCUT2D eigenvalue weighted by molar-refractivity contribution is -0.123. The van der Waals surface area contributed by atoms with Crippen molar-refractivity contribution in [2.75, 3.05) is 11.9 Å². The van der Waals surface area contributed by atoms with Gasteiger partial charge in [0.15, 0.2) is 5.82 Å². The summed E-state index contributed by atoms with van der Waals surface area (Å²) in [5, 5.41) is 9.79. The molecule has 1 amide bonds. The van der Waals surface area contributed by atoms with E-state index in [9.17, 15) is 4.79 Å². The summed E-state index contributed by atoms with van der Waals surface area (Å²) < 4.78 is 10.1. The number of ether oxygens (including phenoxy) is 1. The molecule has 0 radical (unpaired) electrons. The van der Waals surface area contributed by atoms with Crippen LogP contribution in [0.3, 0.4) is 0 Å². The molecule has 6 nitrogen and oxygen atoms in total. The maximum Gasteiger partial charge on any atom is 0.251 e. The van der Waals surface area contributed by atoms with E-state index in [0.717, 1.165) is 12.8 Å². The van der Waals surface area contributed by atoms with E-state index in [1.54, 1.807) is 6.92 Å². The van der Waals surface area contributed by atoms with Crippen LogP contribution in [0.1, 0.15) is 38.3 Å². The maximum absolute atomic E-state index is 11.6. The normalized spacial score (nSPS) is 23.9. The van der Waals surface area contributed by atoms with Gasteiger partial charge in [-0.3, -0.25) is 4.79 Å². The minimum Gasteiger partial charge on any atom is -0.368 e. The van der Waals surface area contributed by atoms with Gasteiger partial charge in [0.2, 0.25) is 0 Å². The van der Waals surface area contributed by atoms with Crippen molar-refractivity contribution >= 4 is 11.7 Å². The predicted octanol–water partition coefficient (Wildman–Crippen LogP) is 1.91. The van der Waals surface area contributed by atoms with Crippen molar-refractivity contribution in [1.82, 2.24) is 10.3 Å². The number of amides is 1. The molecule has 0 unspecified atom stereocenters. The van der Waals surface area contributed by atoms with Gasteiger partial charge in [-0.1, -0.05) is 24.9 Å². The number of hydrogen-bond acceptors (Lipinski definition) is 5. The second-order valence-electron chi connectivity index (χ2n) is 4.95. The molecular weight excluding hydrogens is 234 g/mol. The van der Waals surface area contributed by atoms with Gasteiger partial charge in [0.05, 0.1) is 6.10 Å². The van der Waals surface area contributed by atoms with Crippen LogP contribution in [-0.4, -0.2) is 28.9 Å². The fourth-order valence-electron chi connectivity index (χ4n) is 2.24. The number of rotatable bonds is 4. The van der Waals surface area contributed by atoms with Crippen LogP contribution in [-0.2, 0) is 9.53 Å². The van der Waals surface area contributed by atoms with Crippen LogP contribution in [0.5, 0.6) is 0 Å². The van der Waals surface area contributed by atoms with Crippen LogP contribution < -0.4 is 5.32 Å². The number of nitrogens with zero attached hydrogens (tertiary/aromatic N) is 2. The number of anilines is 1. The molecule has 1 saturated carbocycles. The standard InChI is InChI=1S/C12H19N3O3/c1-8-4-3-5-10(6-8)17-7-11(16)13-12-9(2)14-18-15-12/h8,10H,3-7H2,1-2H3,(H,13,15,16)/t8-,10-/m1/s1. The first-order valence-corrected chi connectivity index (χ1v) is 6.35. The minimum atomic E-state index is -0.216. The summed E-state index contributed by atoms with van der Waals surface area (Å²) in [5.41, 5.74) is 0.564. The number of carbonyl (C=O) groups is 1. The van der Waals surface area contributed by atoms with Gasteiger partial charge in [0.25, 0.3) is 5.91 Å². The lowest BCUT2D eigenvalue weighted by Gasteiger charge is -2.26. The van der Waals surface area contributed by atoms with E-state index >= 15 is 0 Å². The summed E-state index contributed by atoms with van der Waals surface area (Å²) in [6.45, 7) is 4.00. The van der Waals surface area contributed by atoms with Crippen molar-refractivity contribution in [3.05, 3.63) is 5.69 Å². The van der Waals surface area contributed by atoms with Gasteiger partial charge in [-0.25, -0.2) is 4.63 Å². The molecule has 0 spiro atoms. The summed E-state index contributed by atoms with van der Waals surface area (Å²) in [7, 11) is 0. The number of hydrogen-bond donors (Lipinski definition) is 1. The Labute approximate surface area is 106 Å². The summed E-state index contributed by atoms with van der Waals surface area (Å²) in [6, 6.07) is 0. The Kier molecular flexibility index (Phi) is 4.30. The predicted molar refractivity (Wildman–Crippen MR) is 65.0 cm³/mol. The number of nitrogens with one attached hydrogen (secondary N) is 1. The van der Waals surface area contributed by atoms with Gasteiger partial charge in [0, 0.05) is 0 Å². The lowest BCUT2D eigenvalue weighted by atomic mass is 9.89. The third-order valence-electron chi connectivity index (χ3n) is 3.25. The maximum atomic E-state index is 11.6. The van der Waals surface area contributed by atoms with Gasteiger partial charge in [-0.05, 0) is 30.8 Å². The zero-order valence-corrected chi connectivity index (χ0v) is 10.8. The van der Waals surface area contributed by atoms with Gasteiger partial charge < -0.3 is 10.1 Å². The molecule has 0 saturated heterocycles. The minimum absolute atomic E-state index is 0.0592. The molecule has 1 aromatic rings. The van der Waals surface area contributed by atoms with E-state index in [1.807, 2.05) is 0 Å². The highest BCUT2D eigenvalue weighted by Crippen LogP contribution is 2.25. The van der Waals surface area contributed by atoms with Crippen molar-refractivity contribution < 1.29 is 14.2 Å². The molecule has 2 rings (SSSR count). The third kappa shape index (κ3) is 3.53. The Morgan fingerprint density at radius 3 is 3.00 bits per heavy atom. The second-order valence-corrected chi connectivity index (χ2v) is 4.95. The molecule has 2 atom stereocenters. The highest BCUT2D eigenvalue weighted by atomic mass is 16.6. The van der Waals surface area contributed by atoms with E-state index in [0.29, 0.717) is 17.4 Å². The number of carbonyl (C=O) groups excluding carboxylic acids is 1. The number of aryl methyl sites for hydroxylation is 1. The molecule has 0 aromatic carbocycles. The molecular formula is C12H19N3O3. The first-order chi connectivity index (χ1) is 8.65. The van der Waals surface area contributed by atoms with Crippen LogP contribution >= 0.6 is 0 Å². The molecule has 6 heteroatoms. The second kappa shape index (κ2) is 5.95. The van der Waals surface area contributed by atoms with Crippen molar-refractivity contribution in [2.45, 2.75) is 45.6 Å². The highest BCUT2D eigenvalue weighted by Gasteiger charge is 2.20. The van der Waals surface area contributed by atoms with E-state index in [4.69, 9.17) is 4.74 Å². The highest BCUT2D eigenvalue weighted by molar-refractivity contribution is 5.91. The summed E-state index contributed by atoms with van der Waals surface area (Å²) in [5.74, 6) is 0.835. The SMILES string of the molecule is Cc1nonc1NC(=O)CO[C@@H]1CCC[C@@H](C)C1. The Hall–Kier alpha value is -1.43. The number of aromatic nitrogens is 2. The fourth-order valence-corrected chi connectivity index (χ4v) is 2.24. The van der Waals surface area contributed by atoms with E-state index < -0.39 is 0 Å². The Bertz CT molecular complexity index is 405. The Balaban J connectivity index is 1.73. The van der Waals surface area contributed by atoms with E-state index in [-0.39, 0.29) is 18.6 Å². The third-order valence-corrected chi connectivity index (χ3v) is 3.25. The van der Waals surface area contributed by atoms with Crippen molar-refractivity contribution in [2.24, 2.45) is 5.92 Å². The monoisotopic (exact) mass is 253 g/mol. The zero-order valence-electron chi connectivity index (χ0n) is 10.8. The van der Waals surface area contributed by atoms with Crippen LogP contribution in [0, 0.1) is 12.8 Å². The lowest BCUT2D eigenvalue weighted by Crippen LogP contribution is -2.27. The quantitative estimate of drug-likeness (QED) is 0.886. The molecule has 1 heterocycles. The van der Waals surface area contributed by atoms with Crippen molar-refractivity contribution in [1.29, 1.82) is 0 Å². The van der Waals surface area contributed by atoms with E-state index in [1.165, 1.54) is 12.8 Å². The van der Waals surface area contributed by atoms with Crippen LogP contribution in [0.4, 0.5) is 5.82 Å². The first kappa shape index (κ1) is 13.0. The largest absolute Gasteiger partial charge is 0.368 e. The Morgan fingerprint density at radius 2 is 2.33 bits per heavy atom. The van der Waals surface area contributed by atoms with Gasteiger partial charge >= 0.3 is 0 Å². The molecule has 0 bridgehead atoms. The molecule has 1 aliphatic carbocycles. The molecule has 1 aliphatic rings. The van der Waals surface area contributed by atoms with Crippen molar-refractivity contribution in [3.8, 4) is 0 Å². The molecule has 1 fully saturated rings. The molecule has 0 aliphatic heterocycles. The van der Waals surface area contributed by atoms with Gasteiger partial charge in [0.1, 0.15) is 12.3 Å². The van der Waals surface area contributed by atoms with Crippen molar-refractivity contribution in [3.63, 3.8) is 0 Å².